The summed E-state index contributed by atoms with van der Waals surface area (Å²) in [6.07, 6.45) is -4.39. The van der Waals surface area contributed by atoms with Crippen LogP contribution in [-0.4, -0.2) is 12.5 Å². The van der Waals surface area contributed by atoms with Gasteiger partial charge in [-0.15, -0.1) is 0 Å². The summed E-state index contributed by atoms with van der Waals surface area (Å²) in [6.45, 7) is 0.488. The number of carbonyl (C=O) groups excluding carboxylic acids is 1. The van der Waals surface area contributed by atoms with Crippen LogP contribution in [0.2, 0.25) is 0 Å². The molecule has 1 aromatic carbocycles. The maximum Gasteiger partial charge on any atom is 0.416 e. The summed E-state index contributed by atoms with van der Waals surface area (Å²) in [5.41, 5.74) is 0.122. The van der Waals surface area contributed by atoms with E-state index in [-0.39, 0.29) is 18.1 Å². The quantitative estimate of drug-likeness (QED) is 0.712. The van der Waals surface area contributed by atoms with Gasteiger partial charge in [0, 0.05) is 12.2 Å². The highest BCUT2D eigenvalue weighted by Gasteiger charge is 2.31. The molecule has 1 heterocycles. The van der Waals surface area contributed by atoms with Gasteiger partial charge >= 0.3 is 6.18 Å². The van der Waals surface area contributed by atoms with E-state index in [2.05, 4.69) is 10.6 Å². The van der Waals surface area contributed by atoms with E-state index < -0.39 is 11.7 Å². The second-order valence-electron chi connectivity index (χ2n) is 3.52. The van der Waals surface area contributed by atoms with Gasteiger partial charge in [0.2, 0.25) is 5.91 Å². The molecule has 1 amide bonds. The van der Waals surface area contributed by atoms with E-state index in [9.17, 15) is 18.0 Å². The van der Waals surface area contributed by atoms with Crippen LogP contribution in [0.15, 0.2) is 18.2 Å². The van der Waals surface area contributed by atoms with Gasteiger partial charge in [0.05, 0.1) is 12.1 Å². The van der Waals surface area contributed by atoms with Crippen molar-refractivity contribution in [2.45, 2.75) is 12.7 Å². The highest BCUT2D eigenvalue weighted by atomic mass is 19.4. The fraction of sp³-hybridized carbons (Fsp3) is 0.300. The van der Waals surface area contributed by atoms with Crippen LogP contribution in [-0.2, 0) is 17.5 Å². The van der Waals surface area contributed by atoms with E-state index in [0.29, 0.717) is 12.1 Å². The fourth-order valence-corrected chi connectivity index (χ4v) is 1.53. The zero-order valence-electron chi connectivity index (χ0n) is 8.19. The molecular weight excluding hydrogens is 221 g/mol. The first-order chi connectivity index (χ1) is 7.47. The third-order valence-electron chi connectivity index (χ3n) is 2.31. The van der Waals surface area contributed by atoms with Crippen molar-refractivity contribution in [2.75, 3.05) is 11.9 Å². The highest BCUT2D eigenvalue weighted by molar-refractivity contribution is 5.93. The predicted octanol–water partition coefficient (Wildman–Crippen LogP) is 1.75. The number of hydrogen-bond acceptors (Lipinski definition) is 2. The predicted molar refractivity (Wildman–Crippen MR) is 51.8 cm³/mol. The molecule has 0 aromatic heterocycles. The molecule has 0 fully saturated rings. The summed E-state index contributed by atoms with van der Waals surface area (Å²) in [5.74, 6) is -0.335. The van der Waals surface area contributed by atoms with E-state index >= 15 is 0 Å². The molecule has 1 aromatic rings. The van der Waals surface area contributed by atoms with Gasteiger partial charge in [0.15, 0.2) is 0 Å². The fourth-order valence-electron chi connectivity index (χ4n) is 1.53. The summed E-state index contributed by atoms with van der Waals surface area (Å²) >= 11 is 0. The first-order valence-corrected chi connectivity index (χ1v) is 4.67. The van der Waals surface area contributed by atoms with E-state index in [4.69, 9.17) is 0 Å². The summed E-state index contributed by atoms with van der Waals surface area (Å²) in [5, 5.41) is 5.25. The molecule has 16 heavy (non-hydrogen) atoms. The van der Waals surface area contributed by atoms with Gasteiger partial charge in [0.25, 0.3) is 0 Å². The average Bonchev–Trinajstić information content (AvgIpc) is 2.35. The molecule has 0 radical (unpaired) electrons. The van der Waals surface area contributed by atoms with E-state index in [1.807, 2.05) is 0 Å². The summed E-state index contributed by atoms with van der Waals surface area (Å²) in [4.78, 5) is 11.2. The van der Waals surface area contributed by atoms with Crippen molar-refractivity contribution >= 4 is 11.6 Å². The zero-order chi connectivity index (χ0) is 11.8. The minimum atomic E-state index is -4.39. The maximum atomic E-state index is 12.4. The van der Waals surface area contributed by atoms with Crippen LogP contribution in [0.5, 0.6) is 0 Å². The molecule has 0 atom stereocenters. The van der Waals surface area contributed by atoms with Gasteiger partial charge in [-0.05, 0) is 17.7 Å². The number of hydrogen-bond donors (Lipinski definition) is 2. The Morgan fingerprint density at radius 2 is 1.94 bits per heavy atom. The first kappa shape index (κ1) is 10.9. The maximum absolute atomic E-state index is 12.4. The van der Waals surface area contributed by atoms with Crippen molar-refractivity contribution in [3.05, 3.63) is 29.3 Å². The lowest BCUT2D eigenvalue weighted by molar-refractivity contribution is -0.137. The van der Waals surface area contributed by atoms with Crippen molar-refractivity contribution in [2.24, 2.45) is 0 Å². The number of halogens is 3. The van der Waals surface area contributed by atoms with E-state index in [0.717, 1.165) is 12.1 Å². The molecule has 1 aliphatic heterocycles. The molecular formula is C10H9F3N2O. The first-order valence-electron chi connectivity index (χ1n) is 4.67. The van der Waals surface area contributed by atoms with Crippen LogP contribution >= 0.6 is 0 Å². The third kappa shape index (κ3) is 2.16. The number of amides is 1. The molecule has 0 saturated carbocycles. The Morgan fingerprint density at radius 1 is 1.19 bits per heavy atom. The largest absolute Gasteiger partial charge is 0.416 e. The topological polar surface area (TPSA) is 41.1 Å². The molecule has 3 nitrogen and oxygen atoms in total. The molecule has 0 spiro atoms. The lowest BCUT2D eigenvalue weighted by Gasteiger charge is -2.11. The summed E-state index contributed by atoms with van der Waals surface area (Å²) < 4.78 is 37.3. The molecule has 2 rings (SSSR count). The van der Waals surface area contributed by atoms with Gasteiger partial charge in [-0.2, -0.15) is 13.2 Å². The zero-order valence-corrected chi connectivity index (χ0v) is 8.19. The lowest BCUT2D eigenvalue weighted by Crippen LogP contribution is -2.23. The lowest BCUT2D eigenvalue weighted by atomic mass is 10.1. The Morgan fingerprint density at radius 3 is 2.62 bits per heavy atom. The average molecular weight is 230 g/mol. The Balaban J connectivity index is 2.40. The molecule has 6 heteroatoms. The molecule has 0 aliphatic carbocycles. The van der Waals surface area contributed by atoms with Gasteiger partial charge in [-0.3, -0.25) is 4.79 Å². The minimum Gasteiger partial charge on any atom is -0.325 e. The molecule has 0 bridgehead atoms. The van der Waals surface area contributed by atoms with Crippen LogP contribution in [0.1, 0.15) is 11.1 Å². The molecule has 0 unspecified atom stereocenters. The molecule has 0 saturated heterocycles. The van der Waals surface area contributed by atoms with Crippen LogP contribution in [0, 0.1) is 0 Å². The second-order valence-corrected chi connectivity index (χ2v) is 3.52. The Hall–Kier alpha value is -1.56. The second kappa shape index (κ2) is 3.79. The number of nitrogens with one attached hydrogen (secondary N) is 2. The minimum absolute atomic E-state index is 0.107. The molecule has 86 valence electrons. The van der Waals surface area contributed by atoms with Crippen LogP contribution < -0.4 is 10.6 Å². The summed E-state index contributed by atoms with van der Waals surface area (Å²) in [7, 11) is 0. The van der Waals surface area contributed by atoms with Gasteiger partial charge in [-0.1, -0.05) is 6.07 Å². The molecule has 1 aliphatic rings. The summed E-state index contributed by atoms with van der Waals surface area (Å²) in [6, 6.07) is 3.34. The molecule has 2 N–H and O–H groups in total. The van der Waals surface area contributed by atoms with Crippen molar-refractivity contribution < 1.29 is 18.0 Å². The SMILES string of the molecule is O=C1CNCc2ccc(C(F)(F)F)cc2N1. The number of carbonyl (C=O) groups is 1. The van der Waals surface area contributed by atoms with Crippen molar-refractivity contribution in [1.82, 2.24) is 5.32 Å². The van der Waals surface area contributed by atoms with E-state index in [1.54, 1.807) is 0 Å². The van der Waals surface area contributed by atoms with Gasteiger partial charge in [-0.25, -0.2) is 0 Å². The third-order valence-corrected chi connectivity index (χ3v) is 2.31. The number of rotatable bonds is 0. The van der Waals surface area contributed by atoms with Crippen LogP contribution in [0.3, 0.4) is 0 Å². The normalized spacial score (nSPS) is 16.3. The van der Waals surface area contributed by atoms with Crippen molar-refractivity contribution in [3.8, 4) is 0 Å². The monoisotopic (exact) mass is 230 g/mol. The van der Waals surface area contributed by atoms with Gasteiger partial charge in [0.1, 0.15) is 0 Å². The standard InChI is InChI=1S/C10H9F3N2O/c11-10(12,13)7-2-1-6-4-14-5-9(16)15-8(6)3-7/h1-3,14H,4-5H2,(H,15,16). The van der Waals surface area contributed by atoms with Crippen LogP contribution in [0.4, 0.5) is 18.9 Å². The van der Waals surface area contributed by atoms with Crippen LogP contribution in [0.25, 0.3) is 0 Å². The number of fused-ring (bicyclic) bond motifs is 1. The Kier molecular flexibility index (Phi) is 2.59. The number of alkyl halides is 3. The van der Waals surface area contributed by atoms with E-state index in [1.165, 1.54) is 6.07 Å². The number of benzene rings is 1. The van der Waals surface area contributed by atoms with Crippen molar-refractivity contribution in [3.63, 3.8) is 0 Å². The Labute approximate surface area is 89.6 Å². The van der Waals surface area contributed by atoms with Gasteiger partial charge < -0.3 is 10.6 Å². The smallest absolute Gasteiger partial charge is 0.325 e. The van der Waals surface area contributed by atoms with Crippen molar-refractivity contribution in [1.29, 1.82) is 0 Å². The highest BCUT2D eigenvalue weighted by Crippen LogP contribution is 2.32. The Bertz CT molecular complexity index is 429. The number of anilines is 1.